The van der Waals surface area contributed by atoms with Crippen LogP contribution in [0.2, 0.25) is 0 Å². The summed E-state index contributed by atoms with van der Waals surface area (Å²) in [4.78, 5) is 30.5. The van der Waals surface area contributed by atoms with E-state index in [4.69, 9.17) is 4.74 Å². The Morgan fingerprint density at radius 2 is 2.18 bits per heavy atom. The fourth-order valence-corrected chi connectivity index (χ4v) is 4.56. The summed E-state index contributed by atoms with van der Waals surface area (Å²) in [6.07, 6.45) is 2.50. The minimum atomic E-state index is -0.537. The number of aliphatic hydroxyl groups excluding tert-OH is 1. The van der Waals surface area contributed by atoms with Crippen molar-refractivity contribution in [3.63, 3.8) is 0 Å². The first-order valence-electron chi connectivity index (χ1n) is 8.93. The van der Waals surface area contributed by atoms with Crippen molar-refractivity contribution in [2.75, 3.05) is 13.7 Å². The lowest BCUT2D eigenvalue weighted by Gasteiger charge is -2.25. The average molecular weight is 396 g/mol. The summed E-state index contributed by atoms with van der Waals surface area (Å²) >= 11 is 1.47. The van der Waals surface area contributed by atoms with Crippen molar-refractivity contribution in [3.05, 3.63) is 63.7 Å². The first kappa shape index (κ1) is 18.3. The number of amides is 1. The van der Waals surface area contributed by atoms with Crippen LogP contribution in [0.4, 0.5) is 0 Å². The molecule has 3 aromatic rings. The van der Waals surface area contributed by atoms with Gasteiger partial charge in [0, 0.05) is 28.5 Å². The molecule has 0 saturated carbocycles. The van der Waals surface area contributed by atoms with Gasteiger partial charge in [-0.3, -0.25) is 9.59 Å². The summed E-state index contributed by atoms with van der Waals surface area (Å²) in [5, 5.41) is 13.2. The molecule has 2 aromatic heterocycles. The first-order valence-corrected chi connectivity index (χ1v) is 9.81. The fourth-order valence-electron chi connectivity index (χ4n) is 3.72. The molecule has 1 unspecified atom stereocenters. The molecule has 7 heteroatoms. The molecule has 28 heavy (non-hydrogen) atoms. The third kappa shape index (κ3) is 2.97. The normalized spacial score (nSPS) is 17.0. The molecule has 3 heterocycles. The van der Waals surface area contributed by atoms with Crippen molar-refractivity contribution in [1.29, 1.82) is 0 Å². The number of carbonyl (C=O) groups excluding carboxylic acids is 2. The number of nitrogens with zero attached hydrogens (tertiary/aromatic N) is 1. The number of H-pyrrole nitrogens is 1. The van der Waals surface area contributed by atoms with Gasteiger partial charge in [-0.2, -0.15) is 0 Å². The van der Waals surface area contributed by atoms with Crippen LogP contribution in [-0.2, 0) is 16.0 Å². The van der Waals surface area contributed by atoms with E-state index in [9.17, 15) is 14.7 Å². The van der Waals surface area contributed by atoms with Gasteiger partial charge in [-0.15, -0.1) is 11.3 Å². The summed E-state index contributed by atoms with van der Waals surface area (Å²) in [6, 6.07) is 9.02. The van der Waals surface area contributed by atoms with Crippen molar-refractivity contribution in [3.8, 4) is 5.75 Å². The smallest absolute Gasteiger partial charge is 0.290 e. The highest BCUT2D eigenvalue weighted by molar-refractivity contribution is 7.10. The number of carbonyl (C=O) groups is 2. The molecule has 1 amide bonds. The highest BCUT2D eigenvalue weighted by atomic mass is 32.1. The number of hydrogen-bond donors (Lipinski definition) is 2. The van der Waals surface area contributed by atoms with Gasteiger partial charge in [-0.25, -0.2) is 0 Å². The van der Waals surface area contributed by atoms with Crippen LogP contribution in [0.1, 0.15) is 23.4 Å². The van der Waals surface area contributed by atoms with Crippen LogP contribution in [0.25, 0.3) is 10.9 Å². The summed E-state index contributed by atoms with van der Waals surface area (Å²) in [7, 11) is 1.62. The zero-order chi connectivity index (χ0) is 19.8. The van der Waals surface area contributed by atoms with Crippen molar-refractivity contribution in [2.24, 2.45) is 0 Å². The number of ketones is 1. The van der Waals surface area contributed by atoms with Crippen LogP contribution in [-0.4, -0.2) is 40.3 Å². The van der Waals surface area contributed by atoms with E-state index >= 15 is 0 Å². The molecule has 1 aliphatic heterocycles. The molecule has 0 aliphatic carbocycles. The third-order valence-electron chi connectivity index (χ3n) is 5.09. The van der Waals surface area contributed by atoms with E-state index in [2.05, 4.69) is 4.98 Å². The number of Topliss-reactive ketones (excluding diaryl/α,β-unsaturated/α-hetero) is 1. The molecule has 1 aliphatic rings. The lowest BCUT2D eigenvalue weighted by atomic mass is 10.0. The Morgan fingerprint density at radius 3 is 2.86 bits per heavy atom. The maximum absolute atomic E-state index is 12.7. The number of aliphatic hydroxyl groups is 1. The van der Waals surface area contributed by atoms with Gasteiger partial charge in [-0.05, 0) is 48.6 Å². The number of rotatable bonds is 6. The number of thiophene rings is 1. The summed E-state index contributed by atoms with van der Waals surface area (Å²) in [5.74, 6) is -0.462. The number of benzene rings is 1. The molecule has 0 spiro atoms. The molecule has 2 N–H and O–H groups in total. The number of nitrogens with one attached hydrogen (secondary N) is 1. The van der Waals surface area contributed by atoms with Crippen LogP contribution in [0, 0.1) is 0 Å². The van der Waals surface area contributed by atoms with E-state index in [0.717, 1.165) is 27.1 Å². The van der Waals surface area contributed by atoms with Crippen LogP contribution < -0.4 is 4.74 Å². The first-order chi connectivity index (χ1) is 13.5. The molecule has 0 radical (unpaired) electrons. The van der Waals surface area contributed by atoms with E-state index < -0.39 is 17.7 Å². The van der Waals surface area contributed by atoms with Gasteiger partial charge in [0.05, 0.1) is 18.7 Å². The molecule has 0 fully saturated rings. The average Bonchev–Trinajstić information content (AvgIpc) is 3.40. The number of aromatic nitrogens is 1. The predicted molar refractivity (Wildman–Crippen MR) is 108 cm³/mol. The zero-order valence-electron chi connectivity index (χ0n) is 15.6. The predicted octanol–water partition coefficient (Wildman–Crippen LogP) is 3.77. The molecule has 4 rings (SSSR count). The molecule has 0 bridgehead atoms. The summed E-state index contributed by atoms with van der Waals surface area (Å²) in [5.41, 5.74) is 2.21. The van der Waals surface area contributed by atoms with Gasteiger partial charge in [0.15, 0.2) is 11.5 Å². The minimum absolute atomic E-state index is 0.174. The second-order valence-corrected chi connectivity index (χ2v) is 7.69. The van der Waals surface area contributed by atoms with Crippen molar-refractivity contribution in [1.82, 2.24) is 9.88 Å². The summed E-state index contributed by atoms with van der Waals surface area (Å²) in [6.45, 7) is 1.77. The van der Waals surface area contributed by atoms with Gasteiger partial charge in [-0.1, -0.05) is 6.07 Å². The molecule has 144 valence electrons. The number of methoxy groups -OCH3 is 1. The third-order valence-corrected chi connectivity index (χ3v) is 6.02. The molecular formula is C21H20N2O4S. The van der Waals surface area contributed by atoms with Crippen molar-refractivity contribution < 1.29 is 19.4 Å². The van der Waals surface area contributed by atoms with Crippen molar-refractivity contribution in [2.45, 2.75) is 19.4 Å². The maximum Gasteiger partial charge on any atom is 0.290 e. The Morgan fingerprint density at radius 1 is 1.36 bits per heavy atom. The Balaban J connectivity index is 1.64. The maximum atomic E-state index is 12.7. The van der Waals surface area contributed by atoms with E-state index in [-0.39, 0.29) is 11.4 Å². The number of hydrogen-bond acceptors (Lipinski definition) is 5. The SMILES string of the molecule is COc1ccc2[nH]cc(CCN3C(=O)C(O)=C(C(C)=O)C3c3cccs3)c2c1. The van der Waals surface area contributed by atoms with Gasteiger partial charge in [0.1, 0.15) is 5.75 Å². The van der Waals surface area contributed by atoms with E-state index in [1.54, 1.807) is 12.0 Å². The zero-order valence-corrected chi connectivity index (χ0v) is 16.4. The molecular weight excluding hydrogens is 376 g/mol. The largest absolute Gasteiger partial charge is 0.503 e. The van der Waals surface area contributed by atoms with Crippen molar-refractivity contribution >= 4 is 33.9 Å². The highest BCUT2D eigenvalue weighted by Gasteiger charge is 2.42. The Labute approximate surface area is 166 Å². The second-order valence-electron chi connectivity index (χ2n) is 6.71. The monoisotopic (exact) mass is 396 g/mol. The van der Waals surface area contributed by atoms with E-state index in [1.165, 1.54) is 18.3 Å². The minimum Gasteiger partial charge on any atom is -0.503 e. The molecule has 1 aromatic carbocycles. The molecule has 6 nitrogen and oxygen atoms in total. The number of ether oxygens (including phenoxy) is 1. The van der Waals surface area contributed by atoms with Gasteiger partial charge < -0.3 is 19.7 Å². The number of fused-ring (bicyclic) bond motifs is 1. The Kier molecular flexibility index (Phi) is 4.68. The van der Waals surface area contributed by atoms with E-state index in [1.807, 2.05) is 41.9 Å². The summed E-state index contributed by atoms with van der Waals surface area (Å²) < 4.78 is 5.31. The topological polar surface area (TPSA) is 82.6 Å². The van der Waals surface area contributed by atoms with Gasteiger partial charge in [0.2, 0.25) is 0 Å². The number of aromatic amines is 1. The lowest BCUT2D eigenvalue weighted by Crippen LogP contribution is -2.32. The quantitative estimate of drug-likeness (QED) is 0.665. The highest BCUT2D eigenvalue weighted by Crippen LogP contribution is 2.39. The second kappa shape index (κ2) is 7.16. The molecule has 0 saturated heterocycles. The van der Waals surface area contributed by atoms with Crippen LogP contribution >= 0.6 is 11.3 Å². The lowest BCUT2D eigenvalue weighted by molar-refractivity contribution is -0.129. The van der Waals surface area contributed by atoms with Crippen LogP contribution in [0.3, 0.4) is 0 Å². The van der Waals surface area contributed by atoms with Crippen LogP contribution in [0.15, 0.2) is 53.2 Å². The van der Waals surface area contributed by atoms with Gasteiger partial charge >= 0.3 is 0 Å². The fraction of sp³-hybridized carbons (Fsp3) is 0.238. The van der Waals surface area contributed by atoms with E-state index in [0.29, 0.717) is 13.0 Å². The standard InChI is InChI=1S/C21H20N2O4S/c1-12(24)18-19(17-4-3-9-28-17)23(21(26)20(18)25)8-7-13-11-22-16-6-5-14(27-2)10-15(13)16/h3-6,9-11,19,22,25H,7-8H2,1-2H3. The molecule has 1 atom stereocenters. The van der Waals surface area contributed by atoms with Crippen LogP contribution in [0.5, 0.6) is 5.75 Å². The van der Waals surface area contributed by atoms with Gasteiger partial charge in [0.25, 0.3) is 5.91 Å². The Bertz CT molecular complexity index is 1080. The Hall–Kier alpha value is -3.06.